The third-order valence-electron chi connectivity index (χ3n) is 3.51. The Hall–Kier alpha value is -0.160. The average molecular weight is 476 g/mol. The Morgan fingerprint density at radius 1 is 0.905 bits per heavy atom. The first-order chi connectivity index (χ1) is 9.93. The van der Waals surface area contributed by atoms with Crippen LogP contribution in [-0.4, -0.2) is 6.54 Å². The first-order valence-electron chi connectivity index (χ1n) is 6.89. The smallest absolute Gasteiger partial charge is 0.0588 e. The highest BCUT2D eigenvalue weighted by Gasteiger charge is 2.17. The first kappa shape index (κ1) is 17.2. The summed E-state index contributed by atoms with van der Waals surface area (Å²) in [5.74, 6) is 0. The summed E-state index contributed by atoms with van der Waals surface area (Å²) in [6, 6.07) is 11.1. The Morgan fingerprint density at radius 2 is 1.57 bits per heavy atom. The molecule has 0 heterocycles. The van der Waals surface area contributed by atoms with E-state index in [4.69, 9.17) is 0 Å². The van der Waals surface area contributed by atoms with E-state index >= 15 is 0 Å². The van der Waals surface area contributed by atoms with E-state index in [1.54, 1.807) is 0 Å². The minimum Gasteiger partial charge on any atom is -0.306 e. The Balaban J connectivity index is 2.52. The molecular formula is C17H18Br3N. The lowest BCUT2D eigenvalue weighted by Crippen LogP contribution is -2.22. The third-order valence-corrected chi connectivity index (χ3v) is 5.94. The molecule has 2 aromatic rings. The minimum absolute atomic E-state index is 0.174. The molecule has 21 heavy (non-hydrogen) atoms. The second-order valence-corrected chi connectivity index (χ2v) is 7.69. The number of rotatable bonds is 4. The molecule has 0 spiro atoms. The van der Waals surface area contributed by atoms with Gasteiger partial charge in [-0.1, -0.05) is 66.8 Å². The third kappa shape index (κ3) is 3.98. The van der Waals surface area contributed by atoms with Crippen LogP contribution in [0.2, 0.25) is 0 Å². The molecule has 0 aliphatic carbocycles. The number of nitrogens with one attached hydrogen (secondary N) is 1. The summed E-state index contributed by atoms with van der Waals surface area (Å²) < 4.78 is 3.41. The van der Waals surface area contributed by atoms with E-state index in [1.165, 1.54) is 22.3 Å². The fraction of sp³-hybridized carbons (Fsp3) is 0.294. The van der Waals surface area contributed by atoms with Crippen LogP contribution in [0, 0.1) is 13.8 Å². The van der Waals surface area contributed by atoms with Crippen molar-refractivity contribution >= 4 is 47.8 Å². The summed E-state index contributed by atoms with van der Waals surface area (Å²) in [7, 11) is 0. The van der Waals surface area contributed by atoms with Gasteiger partial charge in [-0.3, -0.25) is 0 Å². The zero-order chi connectivity index (χ0) is 15.6. The molecule has 0 radical (unpaired) electrons. The van der Waals surface area contributed by atoms with Gasteiger partial charge >= 0.3 is 0 Å². The van der Waals surface area contributed by atoms with E-state index in [2.05, 4.69) is 104 Å². The van der Waals surface area contributed by atoms with Gasteiger partial charge in [-0.2, -0.15) is 0 Å². The van der Waals surface area contributed by atoms with Gasteiger partial charge in [0, 0.05) is 13.4 Å². The molecule has 1 nitrogen and oxygen atoms in total. The zero-order valence-electron chi connectivity index (χ0n) is 12.3. The maximum absolute atomic E-state index is 3.71. The predicted molar refractivity (Wildman–Crippen MR) is 101 cm³/mol. The normalized spacial score (nSPS) is 12.5. The highest BCUT2D eigenvalue weighted by molar-refractivity contribution is 9.11. The maximum Gasteiger partial charge on any atom is 0.0588 e. The fourth-order valence-corrected chi connectivity index (χ4v) is 3.64. The van der Waals surface area contributed by atoms with Crippen molar-refractivity contribution in [3.8, 4) is 0 Å². The summed E-state index contributed by atoms with van der Waals surface area (Å²) in [5, 5.41) is 3.58. The summed E-state index contributed by atoms with van der Waals surface area (Å²) >= 11 is 10.9. The SMILES string of the molecule is CCNC(c1ccc(Br)c(C)c1)c1cc(Br)c(C)cc1Br. The lowest BCUT2D eigenvalue weighted by Gasteiger charge is -2.22. The number of halogens is 3. The molecule has 112 valence electrons. The molecule has 0 aromatic heterocycles. The number of benzene rings is 2. The van der Waals surface area contributed by atoms with Gasteiger partial charge in [0.25, 0.3) is 0 Å². The quantitative estimate of drug-likeness (QED) is 0.548. The molecule has 1 N–H and O–H groups in total. The molecule has 0 fully saturated rings. The summed E-state index contributed by atoms with van der Waals surface area (Å²) in [4.78, 5) is 0. The van der Waals surface area contributed by atoms with Crippen LogP contribution < -0.4 is 5.32 Å². The largest absolute Gasteiger partial charge is 0.306 e. The number of hydrogen-bond donors (Lipinski definition) is 1. The minimum atomic E-state index is 0.174. The van der Waals surface area contributed by atoms with Gasteiger partial charge < -0.3 is 5.32 Å². The number of hydrogen-bond acceptors (Lipinski definition) is 1. The van der Waals surface area contributed by atoms with Gasteiger partial charge in [0.1, 0.15) is 0 Å². The van der Waals surface area contributed by atoms with Crippen molar-refractivity contribution in [3.05, 3.63) is 66.0 Å². The van der Waals surface area contributed by atoms with Crippen LogP contribution in [0.25, 0.3) is 0 Å². The molecule has 1 unspecified atom stereocenters. The average Bonchev–Trinajstić information content (AvgIpc) is 2.44. The summed E-state index contributed by atoms with van der Waals surface area (Å²) in [6.07, 6.45) is 0. The zero-order valence-corrected chi connectivity index (χ0v) is 17.1. The van der Waals surface area contributed by atoms with Crippen LogP contribution in [0.4, 0.5) is 0 Å². The van der Waals surface area contributed by atoms with E-state index in [-0.39, 0.29) is 6.04 Å². The van der Waals surface area contributed by atoms with Crippen molar-refractivity contribution in [2.75, 3.05) is 6.54 Å². The molecule has 4 heteroatoms. The Bertz CT molecular complexity index is 653. The van der Waals surface area contributed by atoms with Crippen molar-refractivity contribution in [2.45, 2.75) is 26.8 Å². The van der Waals surface area contributed by atoms with Crippen LogP contribution in [0.1, 0.15) is 35.2 Å². The van der Waals surface area contributed by atoms with Gasteiger partial charge in [0.2, 0.25) is 0 Å². The lowest BCUT2D eigenvalue weighted by molar-refractivity contribution is 0.627. The molecule has 0 bridgehead atoms. The summed E-state index contributed by atoms with van der Waals surface area (Å²) in [5.41, 5.74) is 5.00. The summed E-state index contributed by atoms with van der Waals surface area (Å²) in [6.45, 7) is 7.27. The van der Waals surface area contributed by atoms with Crippen LogP contribution in [0.3, 0.4) is 0 Å². The van der Waals surface area contributed by atoms with Gasteiger partial charge in [0.05, 0.1) is 6.04 Å². The van der Waals surface area contributed by atoms with Crippen molar-refractivity contribution < 1.29 is 0 Å². The van der Waals surface area contributed by atoms with E-state index in [0.29, 0.717) is 0 Å². The molecule has 0 saturated carbocycles. The van der Waals surface area contributed by atoms with E-state index < -0.39 is 0 Å². The van der Waals surface area contributed by atoms with Crippen molar-refractivity contribution in [1.82, 2.24) is 5.32 Å². The van der Waals surface area contributed by atoms with Gasteiger partial charge in [-0.15, -0.1) is 0 Å². The van der Waals surface area contributed by atoms with Crippen LogP contribution in [0.15, 0.2) is 43.7 Å². The van der Waals surface area contributed by atoms with Gasteiger partial charge in [-0.25, -0.2) is 0 Å². The van der Waals surface area contributed by atoms with Crippen molar-refractivity contribution in [1.29, 1.82) is 0 Å². The molecular weight excluding hydrogens is 458 g/mol. The molecule has 1 atom stereocenters. The molecule has 0 amide bonds. The number of aryl methyl sites for hydroxylation is 2. The molecule has 0 saturated heterocycles. The van der Waals surface area contributed by atoms with Crippen molar-refractivity contribution in [3.63, 3.8) is 0 Å². The first-order valence-corrected chi connectivity index (χ1v) is 9.27. The molecule has 0 aliphatic rings. The predicted octanol–water partition coefficient (Wildman–Crippen LogP) is 6.29. The van der Waals surface area contributed by atoms with E-state index in [1.807, 2.05) is 0 Å². The Kier molecular flexibility index (Phi) is 6.06. The maximum atomic E-state index is 3.71. The standard InChI is InChI=1S/C17H18Br3N/c1-4-21-17(12-5-6-14(18)10(2)7-12)13-9-15(19)11(3)8-16(13)20/h5-9,17,21H,4H2,1-3H3. The monoisotopic (exact) mass is 473 g/mol. The van der Waals surface area contributed by atoms with E-state index in [9.17, 15) is 0 Å². The van der Waals surface area contributed by atoms with Crippen LogP contribution in [0.5, 0.6) is 0 Å². The second-order valence-electron chi connectivity index (χ2n) is 5.12. The topological polar surface area (TPSA) is 12.0 Å². The Morgan fingerprint density at radius 3 is 2.19 bits per heavy atom. The van der Waals surface area contributed by atoms with Gasteiger partial charge in [-0.05, 0) is 60.8 Å². The lowest BCUT2D eigenvalue weighted by atomic mass is 9.96. The highest BCUT2D eigenvalue weighted by Crippen LogP contribution is 2.34. The Labute approximate surface area is 151 Å². The van der Waals surface area contributed by atoms with Crippen molar-refractivity contribution in [2.24, 2.45) is 0 Å². The highest BCUT2D eigenvalue weighted by atomic mass is 79.9. The fourth-order valence-electron chi connectivity index (χ4n) is 2.34. The van der Waals surface area contributed by atoms with Crippen LogP contribution >= 0.6 is 47.8 Å². The van der Waals surface area contributed by atoms with E-state index in [0.717, 1.165) is 20.0 Å². The van der Waals surface area contributed by atoms with Crippen LogP contribution in [-0.2, 0) is 0 Å². The second kappa shape index (κ2) is 7.40. The molecule has 0 aliphatic heterocycles. The van der Waals surface area contributed by atoms with Gasteiger partial charge in [0.15, 0.2) is 0 Å². The molecule has 2 rings (SSSR count). The molecule has 2 aromatic carbocycles.